The van der Waals surface area contributed by atoms with Crippen LogP contribution in [0.4, 0.5) is 0 Å². The first-order valence-electron chi connectivity index (χ1n) is 7.35. The van der Waals surface area contributed by atoms with Gasteiger partial charge >= 0.3 is 22.9 Å². The maximum Gasteiger partial charge on any atom is 0.372 e. The highest BCUT2D eigenvalue weighted by atomic mass is 32.2. The van der Waals surface area contributed by atoms with Crippen LogP contribution < -0.4 is 9.46 Å². The number of rotatable bonds is 4. The lowest BCUT2D eigenvalue weighted by atomic mass is 10.1. The van der Waals surface area contributed by atoms with Gasteiger partial charge in [-0.25, -0.2) is 0 Å². The van der Waals surface area contributed by atoms with E-state index in [1.807, 2.05) is 0 Å². The van der Waals surface area contributed by atoms with Crippen LogP contribution in [-0.4, -0.2) is 29.2 Å². The van der Waals surface area contributed by atoms with E-state index in [4.69, 9.17) is 4.55 Å². The molecule has 3 rings (SSSR count). The molecule has 0 fully saturated rings. The molecule has 0 radical (unpaired) electrons. The molecule has 0 saturated heterocycles. The summed E-state index contributed by atoms with van der Waals surface area (Å²) in [6.45, 7) is 0. The van der Waals surface area contributed by atoms with Crippen LogP contribution >= 0.6 is 0 Å². The van der Waals surface area contributed by atoms with Gasteiger partial charge in [-0.1, -0.05) is 30.3 Å². The summed E-state index contributed by atoms with van der Waals surface area (Å²) in [5.41, 5.74) is 0.896. The average molecular weight is 374 g/mol. The highest BCUT2D eigenvalue weighted by molar-refractivity contribution is 7.85. The van der Waals surface area contributed by atoms with E-state index in [0.717, 1.165) is 10.9 Å². The number of para-hydroxylation sites is 2. The van der Waals surface area contributed by atoms with Gasteiger partial charge in [0.05, 0.1) is 4.90 Å². The number of benzene rings is 2. The van der Waals surface area contributed by atoms with Crippen molar-refractivity contribution >= 4 is 33.0 Å². The summed E-state index contributed by atoms with van der Waals surface area (Å²) in [5.74, 6) is -0.583. The molecule has 0 aliphatic rings. The summed E-state index contributed by atoms with van der Waals surface area (Å²) in [6.07, 6.45) is 3.66. The van der Waals surface area contributed by atoms with Crippen LogP contribution in [0.3, 0.4) is 0 Å². The molecular formula is C17H14N2O6S+2. The Labute approximate surface area is 148 Å². The number of allylic oxidation sites excluding steroid dienone is 1. The van der Waals surface area contributed by atoms with Gasteiger partial charge in [0, 0.05) is 21.6 Å². The van der Waals surface area contributed by atoms with Crippen molar-refractivity contribution in [2.24, 2.45) is 0 Å². The monoisotopic (exact) mass is 374 g/mol. The first kappa shape index (κ1) is 17.5. The number of carbonyl (C=O) groups is 1. The lowest BCUT2D eigenvalue weighted by molar-refractivity contribution is -0.922. The minimum absolute atomic E-state index is 0.169. The summed E-state index contributed by atoms with van der Waals surface area (Å²) in [6, 6.07) is 11.6. The van der Waals surface area contributed by atoms with E-state index in [-0.39, 0.29) is 16.1 Å². The average Bonchev–Trinajstić information content (AvgIpc) is 2.62. The Morgan fingerprint density at radius 1 is 0.962 bits per heavy atom. The second-order valence-corrected chi connectivity index (χ2v) is 6.82. The largest absolute Gasteiger partial charge is 0.372 e. The maximum absolute atomic E-state index is 12.3. The molecule has 3 N–H and O–H groups in total. The summed E-state index contributed by atoms with van der Waals surface area (Å²) < 4.78 is 32.3. The van der Waals surface area contributed by atoms with Gasteiger partial charge in [0.15, 0.2) is 0 Å². The lowest BCUT2D eigenvalue weighted by Crippen LogP contribution is -2.46. The number of ketones is 1. The molecule has 0 bridgehead atoms. The normalized spacial score (nSPS) is 11.9. The third-order valence-corrected chi connectivity index (χ3v) is 4.55. The molecule has 0 unspecified atom stereocenters. The maximum atomic E-state index is 12.3. The predicted octanol–water partition coefficient (Wildman–Crippen LogP) is 1.03. The fraction of sp³-hybridized carbons (Fsp3) is 0. The number of fused-ring (bicyclic) bond motifs is 1. The Morgan fingerprint density at radius 3 is 2.19 bits per heavy atom. The molecule has 26 heavy (non-hydrogen) atoms. The second-order valence-electron chi connectivity index (χ2n) is 5.40. The Kier molecular flexibility index (Phi) is 4.41. The molecule has 3 aromatic rings. The van der Waals surface area contributed by atoms with Crippen LogP contribution in [-0.2, 0) is 10.1 Å². The number of hydrogen-bond donors (Lipinski definition) is 3. The van der Waals surface area contributed by atoms with E-state index in [1.165, 1.54) is 42.5 Å². The summed E-state index contributed by atoms with van der Waals surface area (Å²) >= 11 is 0. The van der Waals surface area contributed by atoms with E-state index < -0.39 is 15.9 Å². The van der Waals surface area contributed by atoms with Crippen LogP contribution in [0.25, 0.3) is 17.1 Å². The number of carbonyl (C=O) groups excluding carboxylic acids is 1. The molecule has 2 aromatic carbocycles. The molecule has 0 spiro atoms. The predicted molar refractivity (Wildman–Crippen MR) is 88.3 cm³/mol. The fourth-order valence-corrected chi connectivity index (χ4v) is 2.86. The molecule has 0 amide bonds. The van der Waals surface area contributed by atoms with Crippen molar-refractivity contribution in [2.45, 2.75) is 4.90 Å². The SMILES string of the molecule is O=C(/C=C/c1ccc(S(=O)(=O)O)cc1)c1c[n+](O)c2ccccc2[n+]1O. The molecule has 0 saturated carbocycles. The van der Waals surface area contributed by atoms with Crippen LogP contribution in [0, 0.1) is 0 Å². The van der Waals surface area contributed by atoms with E-state index in [9.17, 15) is 23.6 Å². The van der Waals surface area contributed by atoms with Gasteiger partial charge in [0.1, 0.15) is 0 Å². The minimum atomic E-state index is -4.28. The molecule has 9 heteroatoms. The van der Waals surface area contributed by atoms with Crippen molar-refractivity contribution in [1.82, 2.24) is 0 Å². The van der Waals surface area contributed by atoms with E-state index >= 15 is 0 Å². The van der Waals surface area contributed by atoms with Gasteiger partial charge in [-0.3, -0.25) is 19.8 Å². The van der Waals surface area contributed by atoms with Gasteiger partial charge in [-0.2, -0.15) is 8.42 Å². The molecule has 8 nitrogen and oxygen atoms in total. The van der Waals surface area contributed by atoms with E-state index in [0.29, 0.717) is 15.8 Å². The fourth-order valence-electron chi connectivity index (χ4n) is 2.38. The topological polar surface area (TPSA) is 120 Å². The molecular weight excluding hydrogens is 360 g/mol. The number of aromatic nitrogens is 2. The Morgan fingerprint density at radius 2 is 1.58 bits per heavy atom. The van der Waals surface area contributed by atoms with Crippen LogP contribution in [0.5, 0.6) is 0 Å². The van der Waals surface area contributed by atoms with Crippen molar-refractivity contribution in [3.05, 3.63) is 72.1 Å². The van der Waals surface area contributed by atoms with Gasteiger partial charge in [-0.05, 0) is 23.8 Å². The highest BCUT2D eigenvalue weighted by Gasteiger charge is 2.29. The standard InChI is InChI=1S/C17H13N2O6S/c20-17(10-7-12-5-8-13(9-6-12)26(23,24)25)16-11-18(21)14-3-1-2-4-15(14)19(16)22/h1-11H,(H2-,20,21,22,23,24,25)/q+1/p+1/b10-7+. The third kappa shape index (κ3) is 3.39. The highest BCUT2D eigenvalue weighted by Crippen LogP contribution is 2.12. The second kappa shape index (κ2) is 6.54. The van der Waals surface area contributed by atoms with Crippen molar-refractivity contribution in [3.8, 4) is 0 Å². The Bertz CT molecular complexity index is 1140. The van der Waals surface area contributed by atoms with Gasteiger partial charge < -0.3 is 0 Å². The Balaban J connectivity index is 1.92. The Hall–Kier alpha value is -3.30. The quantitative estimate of drug-likeness (QED) is 0.206. The first-order chi connectivity index (χ1) is 12.3. The van der Waals surface area contributed by atoms with Crippen LogP contribution in [0.2, 0.25) is 0 Å². The molecule has 132 valence electrons. The van der Waals surface area contributed by atoms with E-state index in [1.54, 1.807) is 18.2 Å². The van der Waals surface area contributed by atoms with Gasteiger partial charge in [0.25, 0.3) is 15.9 Å². The first-order valence-corrected chi connectivity index (χ1v) is 8.79. The van der Waals surface area contributed by atoms with Crippen molar-refractivity contribution < 1.29 is 37.6 Å². The molecule has 1 heterocycles. The third-order valence-electron chi connectivity index (χ3n) is 3.69. The zero-order chi connectivity index (χ0) is 18.9. The zero-order valence-electron chi connectivity index (χ0n) is 13.2. The molecule has 0 aliphatic carbocycles. The molecule has 0 aliphatic heterocycles. The van der Waals surface area contributed by atoms with Crippen LogP contribution in [0.1, 0.15) is 16.1 Å². The lowest BCUT2D eigenvalue weighted by Gasteiger charge is -1.97. The van der Waals surface area contributed by atoms with Crippen LogP contribution in [0.15, 0.2) is 65.7 Å². The zero-order valence-corrected chi connectivity index (χ0v) is 14.0. The minimum Gasteiger partial charge on any atom is -0.284 e. The molecule has 1 aromatic heterocycles. The van der Waals surface area contributed by atoms with Crippen molar-refractivity contribution in [1.29, 1.82) is 0 Å². The van der Waals surface area contributed by atoms with Gasteiger partial charge in [0.2, 0.25) is 0 Å². The van der Waals surface area contributed by atoms with Crippen molar-refractivity contribution in [2.75, 3.05) is 0 Å². The smallest absolute Gasteiger partial charge is 0.284 e. The molecule has 0 atom stereocenters. The summed E-state index contributed by atoms with van der Waals surface area (Å²) in [7, 11) is -4.28. The van der Waals surface area contributed by atoms with E-state index in [2.05, 4.69) is 0 Å². The number of hydrogen-bond acceptors (Lipinski definition) is 5. The summed E-state index contributed by atoms with van der Waals surface area (Å²) in [4.78, 5) is 12.1. The van der Waals surface area contributed by atoms with Gasteiger partial charge in [-0.15, -0.1) is 0 Å². The number of nitrogens with zero attached hydrogens (tertiary/aromatic N) is 2. The summed E-state index contributed by atoms with van der Waals surface area (Å²) in [5, 5.41) is 20.2. The van der Waals surface area contributed by atoms with Crippen molar-refractivity contribution in [3.63, 3.8) is 0 Å².